The van der Waals surface area contributed by atoms with Gasteiger partial charge in [-0.1, -0.05) is 19.9 Å². The average molecular weight is 84.2 g/mol. The standard InChI is InChI=1S/C3H7.C3H5/c2*1-3-2/h3H,1-2H3;3H,1-2H2. The van der Waals surface area contributed by atoms with E-state index < -0.39 is 0 Å². The van der Waals surface area contributed by atoms with Crippen molar-refractivity contribution in [1.29, 1.82) is 0 Å². The van der Waals surface area contributed by atoms with Gasteiger partial charge in [0.25, 0.3) is 0 Å². The minimum Gasteiger partial charge on any atom is -0.103 e. The van der Waals surface area contributed by atoms with Crippen molar-refractivity contribution in [3.05, 3.63) is 26.0 Å². The highest BCUT2D eigenvalue weighted by molar-refractivity contribution is 4.66. The number of allylic oxidation sites excluding steroid dienone is 1. The van der Waals surface area contributed by atoms with Crippen LogP contribution in [0.1, 0.15) is 13.8 Å². The fourth-order valence-corrected chi connectivity index (χ4v) is 0. The van der Waals surface area contributed by atoms with Crippen molar-refractivity contribution in [3.63, 3.8) is 0 Å². The molecule has 0 atom stereocenters. The molecule has 0 spiro atoms. The summed E-state index contributed by atoms with van der Waals surface area (Å²) in [5, 5.41) is 0. The maximum absolute atomic E-state index is 3.25. The smallest absolute Gasteiger partial charge is 0.0319 e. The quantitative estimate of drug-likeness (QED) is 0.422. The predicted molar refractivity (Wildman–Crippen MR) is 31.2 cm³/mol. The Labute approximate surface area is 40.9 Å². The fourth-order valence-electron chi connectivity index (χ4n) is 0. The van der Waals surface area contributed by atoms with Gasteiger partial charge >= 0.3 is 0 Å². The molecule has 0 amide bonds. The molecule has 0 aromatic heterocycles. The van der Waals surface area contributed by atoms with Gasteiger partial charge in [-0.3, -0.25) is 0 Å². The Bertz CT molecular complexity index is 14.0. The normalized spacial score (nSPS) is 5.17. The predicted octanol–water partition coefficient (Wildman–Crippen LogP) is 2.24. The zero-order valence-electron chi connectivity index (χ0n) is 4.57. The second kappa shape index (κ2) is 21.9. The summed E-state index contributed by atoms with van der Waals surface area (Å²) in [5.74, 6) is 0. The largest absolute Gasteiger partial charge is 0.103 e. The summed E-state index contributed by atoms with van der Waals surface area (Å²) >= 11 is 0. The Morgan fingerprint density at radius 1 is 1.33 bits per heavy atom. The van der Waals surface area contributed by atoms with E-state index in [0.29, 0.717) is 0 Å². The van der Waals surface area contributed by atoms with Crippen LogP contribution >= 0.6 is 0 Å². The van der Waals surface area contributed by atoms with E-state index in [1.165, 1.54) is 6.08 Å². The molecule has 0 nitrogen and oxygen atoms in total. The van der Waals surface area contributed by atoms with Crippen molar-refractivity contribution < 1.29 is 0 Å². The van der Waals surface area contributed by atoms with E-state index in [-0.39, 0.29) is 0 Å². The zero-order chi connectivity index (χ0) is 5.41. The summed E-state index contributed by atoms with van der Waals surface area (Å²) in [7, 11) is 0. The molecule has 0 bridgehead atoms. The number of hydrogen-bond donors (Lipinski definition) is 0. The molecule has 0 fully saturated rings. The van der Waals surface area contributed by atoms with Crippen LogP contribution in [0.4, 0.5) is 0 Å². The number of rotatable bonds is 0. The van der Waals surface area contributed by atoms with Crippen molar-refractivity contribution in [2.45, 2.75) is 13.8 Å². The van der Waals surface area contributed by atoms with Crippen LogP contribution in [-0.2, 0) is 0 Å². The van der Waals surface area contributed by atoms with Gasteiger partial charge in [-0.2, -0.15) is 0 Å². The van der Waals surface area contributed by atoms with Gasteiger partial charge in [0.1, 0.15) is 0 Å². The second-order valence-corrected chi connectivity index (χ2v) is 0.866. The van der Waals surface area contributed by atoms with Crippen molar-refractivity contribution in [2.24, 2.45) is 0 Å². The molecule has 0 saturated carbocycles. The first kappa shape index (κ1) is 9.22. The van der Waals surface area contributed by atoms with Crippen LogP contribution in [0, 0.1) is 13.3 Å². The molecular formula is C6H12. The van der Waals surface area contributed by atoms with Gasteiger partial charge in [0, 0.05) is 0 Å². The van der Waals surface area contributed by atoms with Crippen LogP contribution in [0.25, 0.3) is 0 Å². The molecule has 0 heterocycles. The summed E-state index contributed by atoms with van der Waals surface area (Å²) in [6, 6.07) is 0. The van der Waals surface area contributed by atoms with Crippen molar-refractivity contribution >= 4 is 0 Å². The lowest BCUT2D eigenvalue weighted by Gasteiger charge is -1.47. The van der Waals surface area contributed by atoms with Crippen molar-refractivity contribution in [2.75, 3.05) is 0 Å². The maximum Gasteiger partial charge on any atom is -0.0319 e. The Balaban J connectivity index is 0. The molecule has 0 aliphatic rings. The van der Waals surface area contributed by atoms with E-state index in [0.717, 1.165) is 0 Å². The van der Waals surface area contributed by atoms with Crippen LogP contribution in [0.3, 0.4) is 0 Å². The molecule has 0 aromatic carbocycles. The highest BCUT2D eigenvalue weighted by Crippen LogP contribution is 1.53. The fraction of sp³-hybridized carbons (Fsp3) is 0.333. The summed E-state index contributed by atoms with van der Waals surface area (Å²) in [4.78, 5) is 0. The summed E-state index contributed by atoms with van der Waals surface area (Å²) in [5.41, 5.74) is 0. The summed E-state index contributed by atoms with van der Waals surface area (Å²) in [6.07, 6.45) is 3.50. The van der Waals surface area contributed by atoms with Gasteiger partial charge in [0.2, 0.25) is 0 Å². The molecule has 0 aliphatic carbocycles. The summed E-state index contributed by atoms with van der Waals surface area (Å²) < 4.78 is 0. The molecule has 0 N–H and O–H groups in total. The first-order valence-corrected chi connectivity index (χ1v) is 1.97. The highest BCUT2D eigenvalue weighted by Gasteiger charge is 1.36. The molecule has 0 heteroatoms. The molecule has 0 rings (SSSR count). The SMILES string of the molecule is C[CH]C.[CH2]C=C. The molecular weight excluding hydrogens is 72.1 g/mol. The van der Waals surface area contributed by atoms with Gasteiger partial charge in [-0.15, -0.1) is 6.58 Å². The zero-order valence-corrected chi connectivity index (χ0v) is 4.57. The Hall–Kier alpha value is -0.260. The van der Waals surface area contributed by atoms with Crippen LogP contribution in [0.5, 0.6) is 0 Å². The van der Waals surface area contributed by atoms with Crippen LogP contribution in [0.15, 0.2) is 12.7 Å². The average Bonchev–Trinajstić information content (AvgIpc) is 1.39. The topological polar surface area (TPSA) is 0 Å². The number of hydrogen-bond acceptors (Lipinski definition) is 0. The lowest BCUT2D eigenvalue weighted by Crippen LogP contribution is -1.30. The Kier molecular flexibility index (Phi) is 33.7. The lowest BCUT2D eigenvalue weighted by molar-refractivity contribution is 1.41. The van der Waals surface area contributed by atoms with E-state index in [2.05, 4.69) is 13.5 Å². The van der Waals surface area contributed by atoms with Crippen LogP contribution in [0.2, 0.25) is 0 Å². The molecule has 0 saturated heterocycles. The molecule has 0 unspecified atom stereocenters. The molecule has 6 heavy (non-hydrogen) atoms. The maximum atomic E-state index is 3.25. The third kappa shape index (κ3) is 415. The second-order valence-electron chi connectivity index (χ2n) is 0.866. The first-order chi connectivity index (χ1) is 2.83. The molecule has 2 radical (unpaired) electrons. The van der Waals surface area contributed by atoms with Crippen molar-refractivity contribution in [3.8, 4) is 0 Å². The minimum atomic E-state index is 1.50. The molecule has 0 aliphatic heterocycles. The third-order valence-corrected chi connectivity index (χ3v) is 0. The van der Waals surface area contributed by atoms with Gasteiger partial charge in [-0.05, 0) is 13.3 Å². The Morgan fingerprint density at radius 2 is 1.33 bits per heavy atom. The van der Waals surface area contributed by atoms with E-state index in [4.69, 9.17) is 0 Å². The Morgan fingerprint density at radius 3 is 1.33 bits per heavy atom. The summed E-state index contributed by atoms with van der Waals surface area (Å²) in [6.45, 7) is 10.5. The highest BCUT2D eigenvalue weighted by atomic mass is 13.4. The van der Waals surface area contributed by atoms with Crippen LogP contribution < -0.4 is 0 Å². The monoisotopic (exact) mass is 84.1 g/mol. The van der Waals surface area contributed by atoms with E-state index >= 15 is 0 Å². The molecule has 36 valence electrons. The first-order valence-electron chi connectivity index (χ1n) is 1.97. The van der Waals surface area contributed by atoms with E-state index in [1.54, 1.807) is 0 Å². The molecule has 0 aromatic rings. The van der Waals surface area contributed by atoms with E-state index in [1.807, 2.05) is 20.3 Å². The third-order valence-electron chi connectivity index (χ3n) is 0. The minimum absolute atomic E-state index is 1.50. The van der Waals surface area contributed by atoms with Gasteiger partial charge in [0.05, 0.1) is 0 Å². The van der Waals surface area contributed by atoms with Crippen molar-refractivity contribution in [1.82, 2.24) is 0 Å². The van der Waals surface area contributed by atoms with Gasteiger partial charge in [0.15, 0.2) is 0 Å². The van der Waals surface area contributed by atoms with Gasteiger partial charge in [-0.25, -0.2) is 0 Å². The van der Waals surface area contributed by atoms with E-state index in [9.17, 15) is 0 Å². The van der Waals surface area contributed by atoms with Crippen LogP contribution in [-0.4, -0.2) is 0 Å². The van der Waals surface area contributed by atoms with Gasteiger partial charge < -0.3 is 0 Å². The lowest BCUT2D eigenvalue weighted by atomic mass is 10.6.